The molecule has 3 aromatic carbocycles. The zero-order valence-electron chi connectivity index (χ0n) is 17.4. The molecular weight excluding hydrogens is 526 g/mol. The fourth-order valence-electron chi connectivity index (χ4n) is 2.79. The molecule has 0 bridgehead atoms. The average Bonchev–Trinajstić information content (AvgIpc) is 2.79. The van der Waals surface area contributed by atoms with E-state index in [0.29, 0.717) is 27.7 Å². The van der Waals surface area contributed by atoms with E-state index in [0.717, 1.165) is 10.0 Å². The van der Waals surface area contributed by atoms with E-state index in [9.17, 15) is 9.59 Å². The number of nitrogens with one attached hydrogen (secondary N) is 3. The van der Waals surface area contributed by atoms with Gasteiger partial charge in [0.25, 0.3) is 5.91 Å². The van der Waals surface area contributed by atoms with Crippen LogP contribution in [-0.2, 0) is 4.79 Å². The van der Waals surface area contributed by atoms with Crippen molar-refractivity contribution in [1.82, 2.24) is 5.32 Å². The SMILES string of the molecule is COc1ccc(Br)cc1/C=C/C(=O)NC(=S)Nc1ccc(NC(=O)c2cccc(Cl)c2)cc1. The van der Waals surface area contributed by atoms with Crippen molar-refractivity contribution in [1.29, 1.82) is 0 Å². The molecule has 0 atom stereocenters. The van der Waals surface area contributed by atoms with Gasteiger partial charge in [-0.15, -0.1) is 0 Å². The molecule has 3 N–H and O–H groups in total. The van der Waals surface area contributed by atoms with E-state index < -0.39 is 0 Å². The second-order valence-electron chi connectivity index (χ2n) is 6.70. The van der Waals surface area contributed by atoms with Crippen molar-refractivity contribution in [2.24, 2.45) is 0 Å². The van der Waals surface area contributed by atoms with Gasteiger partial charge in [-0.2, -0.15) is 0 Å². The van der Waals surface area contributed by atoms with Crippen LogP contribution in [0.15, 0.2) is 77.3 Å². The first kappa shape index (κ1) is 24.4. The quantitative estimate of drug-likeness (QED) is 0.266. The maximum Gasteiger partial charge on any atom is 0.255 e. The number of benzene rings is 3. The van der Waals surface area contributed by atoms with E-state index in [-0.39, 0.29) is 16.9 Å². The number of hydrogen-bond donors (Lipinski definition) is 3. The van der Waals surface area contributed by atoms with Gasteiger partial charge in [0.2, 0.25) is 5.91 Å². The van der Waals surface area contributed by atoms with Crippen LogP contribution in [0.2, 0.25) is 5.02 Å². The summed E-state index contributed by atoms with van der Waals surface area (Å²) in [4.78, 5) is 24.5. The predicted octanol–water partition coefficient (Wildman–Crippen LogP) is 5.89. The molecule has 3 aromatic rings. The number of anilines is 2. The minimum atomic E-state index is -0.389. The third-order valence-electron chi connectivity index (χ3n) is 4.33. The first-order valence-electron chi connectivity index (χ1n) is 9.64. The average molecular weight is 545 g/mol. The second kappa shape index (κ2) is 11.6. The molecular formula is C24H19BrClN3O3S. The predicted molar refractivity (Wildman–Crippen MR) is 140 cm³/mol. The summed E-state index contributed by atoms with van der Waals surface area (Å²) in [7, 11) is 1.56. The summed E-state index contributed by atoms with van der Waals surface area (Å²) in [6.45, 7) is 0. The Labute approximate surface area is 210 Å². The third-order valence-corrected chi connectivity index (χ3v) is 5.26. The van der Waals surface area contributed by atoms with Crippen LogP contribution in [0.1, 0.15) is 15.9 Å². The summed E-state index contributed by atoms with van der Waals surface area (Å²) in [5.41, 5.74) is 2.46. The van der Waals surface area contributed by atoms with Crippen LogP contribution in [0.5, 0.6) is 5.75 Å². The van der Waals surface area contributed by atoms with Crippen molar-refractivity contribution >= 4 is 74.1 Å². The summed E-state index contributed by atoms with van der Waals surface area (Å²) in [5, 5.41) is 8.93. The van der Waals surface area contributed by atoms with Crippen molar-refractivity contribution in [3.8, 4) is 5.75 Å². The number of ether oxygens (including phenoxy) is 1. The lowest BCUT2D eigenvalue weighted by molar-refractivity contribution is -0.115. The van der Waals surface area contributed by atoms with Gasteiger partial charge in [0.05, 0.1) is 7.11 Å². The number of hydrogen-bond acceptors (Lipinski definition) is 4. The maximum atomic E-state index is 12.3. The fraction of sp³-hybridized carbons (Fsp3) is 0.0417. The van der Waals surface area contributed by atoms with Gasteiger partial charge in [0, 0.05) is 38.1 Å². The summed E-state index contributed by atoms with van der Waals surface area (Å²) >= 11 is 14.5. The summed E-state index contributed by atoms with van der Waals surface area (Å²) in [6, 6.07) is 19.1. The third kappa shape index (κ3) is 7.42. The molecule has 33 heavy (non-hydrogen) atoms. The van der Waals surface area contributed by atoms with E-state index in [4.69, 9.17) is 28.6 Å². The van der Waals surface area contributed by atoms with Crippen LogP contribution in [0.3, 0.4) is 0 Å². The molecule has 0 fully saturated rings. The molecule has 3 rings (SSSR count). The molecule has 2 amide bonds. The number of carbonyl (C=O) groups is 2. The van der Waals surface area contributed by atoms with Gasteiger partial charge in [-0.05, 0) is 79.0 Å². The Morgan fingerprint density at radius 2 is 1.70 bits per heavy atom. The van der Waals surface area contributed by atoms with E-state index in [1.54, 1.807) is 67.8 Å². The Bertz CT molecular complexity index is 1220. The molecule has 0 aliphatic carbocycles. The van der Waals surface area contributed by atoms with Crippen LogP contribution < -0.4 is 20.7 Å². The fourth-order valence-corrected chi connectivity index (χ4v) is 3.57. The molecule has 0 aliphatic heterocycles. The summed E-state index contributed by atoms with van der Waals surface area (Å²) in [6.07, 6.45) is 3.01. The highest BCUT2D eigenvalue weighted by atomic mass is 79.9. The van der Waals surface area contributed by atoms with Crippen molar-refractivity contribution in [2.45, 2.75) is 0 Å². The van der Waals surface area contributed by atoms with Crippen molar-refractivity contribution in [2.75, 3.05) is 17.7 Å². The highest BCUT2D eigenvalue weighted by Gasteiger charge is 2.07. The van der Waals surface area contributed by atoms with Gasteiger partial charge in [0.1, 0.15) is 5.75 Å². The van der Waals surface area contributed by atoms with Crippen molar-refractivity contribution in [3.63, 3.8) is 0 Å². The number of halogens is 2. The lowest BCUT2D eigenvalue weighted by Crippen LogP contribution is -2.32. The van der Waals surface area contributed by atoms with Gasteiger partial charge in [-0.1, -0.05) is 33.6 Å². The van der Waals surface area contributed by atoms with E-state index >= 15 is 0 Å². The molecule has 0 aliphatic rings. The molecule has 0 heterocycles. The molecule has 0 radical (unpaired) electrons. The lowest BCUT2D eigenvalue weighted by atomic mass is 10.2. The van der Waals surface area contributed by atoms with Gasteiger partial charge in [-0.25, -0.2) is 0 Å². The summed E-state index contributed by atoms with van der Waals surface area (Å²) < 4.78 is 6.15. The largest absolute Gasteiger partial charge is 0.496 e. The Kier molecular flexibility index (Phi) is 8.59. The molecule has 0 saturated carbocycles. The molecule has 168 valence electrons. The Morgan fingerprint density at radius 3 is 2.36 bits per heavy atom. The Hall–Kier alpha value is -3.20. The minimum Gasteiger partial charge on any atom is -0.496 e. The minimum absolute atomic E-state index is 0.140. The number of thiocarbonyl (C=S) groups is 1. The molecule has 0 spiro atoms. The highest BCUT2D eigenvalue weighted by molar-refractivity contribution is 9.10. The van der Waals surface area contributed by atoms with Crippen LogP contribution in [0.4, 0.5) is 11.4 Å². The van der Waals surface area contributed by atoms with Crippen molar-refractivity contribution < 1.29 is 14.3 Å². The number of rotatable bonds is 6. The first-order chi connectivity index (χ1) is 15.8. The normalized spacial score (nSPS) is 10.5. The van der Waals surface area contributed by atoms with Crippen molar-refractivity contribution in [3.05, 3.63) is 93.4 Å². The molecule has 0 aromatic heterocycles. The van der Waals surface area contributed by atoms with Crippen LogP contribution in [0, 0.1) is 0 Å². The summed E-state index contributed by atoms with van der Waals surface area (Å²) in [5.74, 6) is -0.0136. The smallest absolute Gasteiger partial charge is 0.255 e. The van der Waals surface area contributed by atoms with Gasteiger partial charge in [0.15, 0.2) is 5.11 Å². The molecule has 0 unspecified atom stereocenters. The molecule has 0 saturated heterocycles. The highest BCUT2D eigenvalue weighted by Crippen LogP contribution is 2.24. The van der Waals surface area contributed by atoms with Gasteiger partial charge in [-0.3, -0.25) is 14.9 Å². The van der Waals surface area contributed by atoms with E-state index in [1.807, 2.05) is 12.1 Å². The standard InChI is InChI=1S/C24H19BrClN3O3S/c1-32-21-11-6-17(25)13-15(21)5-12-22(30)29-24(33)28-20-9-7-19(8-10-20)27-23(31)16-3-2-4-18(26)14-16/h2-14H,1H3,(H,27,31)(H2,28,29,30,33)/b12-5+. The number of methoxy groups -OCH3 is 1. The topological polar surface area (TPSA) is 79.5 Å². The van der Waals surface area contributed by atoms with E-state index in [2.05, 4.69) is 31.9 Å². The van der Waals surface area contributed by atoms with Crippen LogP contribution >= 0.6 is 39.7 Å². The monoisotopic (exact) mass is 543 g/mol. The van der Waals surface area contributed by atoms with Crippen LogP contribution in [0.25, 0.3) is 6.08 Å². The lowest BCUT2D eigenvalue weighted by Gasteiger charge is -2.10. The molecule has 6 nitrogen and oxygen atoms in total. The second-order valence-corrected chi connectivity index (χ2v) is 8.47. The Balaban J connectivity index is 1.53. The maximum absolute atomic E-state index is 12.3. The zero-order valence-corrected chi connectivity index (χ0v) is 20.6. The first-order valence-corrected chi connectivity index (χ1v) is 11.2. The van der Waals surface area contributed by atoms with Gasteiger partial charge >= 0.3 is 0 Å². The zero-order chi connectivity index (χ0) is 23.8. The van der Waals surface area contributed by atoms with Gasteiger partial charge < -0.3 is 15.4 Å². The number of carbonyl (C=O) groups excluding carboxylic acids is 2. The Morgan fingerprint density at radius 1 is 1.00 bits per heavy atom. The number of amides is 2. The van der Waals surface area contributed by atoms with E-state index in [1.165, 1.54) is 6.08 Å². The van der Waals surface area contributed by atoms with Crippen LogP contribution in [-0.4, -0.2) is 24.0 Å². The molecule has 9 heteroatoms.